The minimum Gasteiger partial charge on any atom is -0.490 e. The molecule has 0 spiro atoms. The predicted octanol–water partition coefficient (Wildman–Crippen LogP) is 3.58. The highest BCUT2D eigenvalue weighted by molar-refractivity contribution is 8.00. The maximum atomic E-state index is 12.9. The number of hydrogen-bond acceptors (Lipinski definition) is 6. The van der Waals surface area contributed by atoms with Gasteiger partial charge >= 0.3 is 0 Å². The molecular weight excluding hydrogens is 411 g/mol. The maximum absolute atomic E-state index is 12.9. The molecule has 0 radical (unpaired) electrons. The molecule has 2 amide bonds. The Morgan fingerprint density at radius 2 is 1.47 bits per heavy atom. The van der Waals surface area contributed by atoms with Crippen LogP contribution in [0.2, 0.25) is 0 Å². The zero-order valence-electron chi connectivity index (χ0n) is 17.1. The summed E-state index contributed by atoms with van der Waals surface area (Å²) in [6.45, 7) is 6.66. The molecule has 0 saturated heterocycles. The summed E-state index contributed by atoms with van der Waals surface area (Å²) < 4.78 is 29.7. The number of thioether (sulfide) groups is 1. The van der Waals surface area contributed by atoms with Crippen molar-refractivity contribution in [3.8, 4) is 17.2 Å². The third kappa shape index (κ3) is 6.84. The average molecular weight is 437 g/mol. The van der Waals surface area contributed by atoms with Crippen molar-refractivity contribution in [2.24, 2.45) is 0 Å². The maximum Gasteiger partial charge on any atom is 0.269 e. The van der Waals surface area contributed by atoms with Crippen LogP contribution in [0, 0.1) is 5.82 Å². The zero-order chi connectivity index (χ0) is 21.9. The predicted molar refractivity (Wildman–Crippen MR) is 113 cm³/mol. The lowest BCUT2D eigenvalue weighted by Gasteiger charge is -2.17. The van der Waals surface area contributed by atoms with E-state index in [9.17, 15) is 14.0 Å². The molecule has 0 aliphatic rings. The lowest BCUT2D eigenvalue weighted by Crippen LogP contribution is -2.42. The molecule has 2 aromatic rings. The van der Waals surface area contributed by atoms with Gasteiger partial charge in [0.2, 0.25) is 11.7 Å². The number of benzene rings is 2. The summed E-state index contributed by atoms with van der Waals surface area (Å²) in [4.78, 5) is 25.3. The van der Waals surface area contributed by atoms with Gasteiger partial charge in [-0.1, -0.05) is 0 Å². The number of amides is 2. The Hall–Kier alpha value is -2.94. The standard InChI is InChI=1S/C21H25FN2O5S/c1-4-27-17-11-14(12-18(28-5-2)20(17)29-6-3)21(26)24-23-19(25)13-30-16-9-7-15(22)8-10-16/h7-12H,4-6,13H2,1-3H3,(H,23,25)(H,24,26). The molecule has 7 nitrogen and oxygen atoms in total. The Labute approximate surface area is 179 Å². The van der Waals surface area contributed by atoms with E-state index >= 15 is 0 Å². The van der Waals surface area contributed by atoms with Gasteiger partial charge in [-0.05, 0) is 57.2 Å². The van der Waals surface area contributed by atoms with Gasteiger partial charge in [0.15, 0.2) is 11.5 Å². The van der Waals surface area contributed by atoms with Crippen LogP contribution in [0.25, 0.3) is 0 Å². The molecule has 0 unspecified atom stereocenters. The van der Waals surface area contributed by atoms with Crippen LogP contribution < -0.4 is 25.1 Å². The van der Waals surface area contributed by atoms with E-state index in [4.69, 9.17) is 14.2 Å². The number of ether oxygens (including phenoxy) is 3. The van der Waals surface area contributed by atoms with E-state index in [-0.39, 0.29) is 17.1 Å². The van der Waals surface area contributed by atoms with E-state index in [0.29, 0.717) is 37.1 Å². The molecule has 0 aliphatic carbocycles. The Kier molecular flexibility index (Phi) is 9.27. The molecule has 30 heavy (non-hydrogen) atoms. The first-order valence-electron chi connectivity index (χ1n) is 9.52. The SMILES string of the molecule is CCOc1cc(C(=O)NNC(=O)CSc2ccc(F)cc2)cc(OCC)c1OCC. The quantitative estimate of drug-likeness (QED) is 0.437. The third-order valence-electron chi connectivity index (χ3n) is 3.67. The molecule has 9 heteroatoms. The average Bonchev–Trinajstić information content (AvgIpc) is 2.74. The molecule has 0 aromatic heterocycles. The highest BCUT2D eigenvalue weighted by Gasteiger charge is 2.18. The second-order valence-electron chi connectivity index (χ2n) is 5.85. The third-order valence-corrected chi connectivity index (χ3v) is 4.68. The Morgan fingerprint density at radius 1 is 0.900 bits per heavy atom. The number of hydrogen-bond donors (Lipinski definition) is 2. The van der Waals surface area contributed by atoms with Gasteiger partial charge < -0.3 is 14.2 Å². The van der Waals surface area contributed by atoms with E-state index in [1.807, 2.05) is 20.8 Å². The summed E-state index contributed by atoms with van der Waals surface area (Å²) in [7, 11) is 0. The van der Waals surface area contributed by atoms with Crippen molar-refractivity contribution in [3.63, 3.8) is 0 Å². The van der Waals surface area contributed by atoms with Crippen LogP contribution in [-0.2, 0) is 4.79 Å². The second kappa shape index (κ2) is 11.9. The van der Waals surface area contributed by atoms with Gasteiger partial charge in [-0.15, -0.1) is 11.8 Å². The van der Waals surface area contributed by atoms with E-state index in [1.54, 1.807) is 12.1 Å². The molecule has 0 heterocycles. The lowest BCUT2D eigenvalue weighted by atomic mass is 10.1. The van der Waals surface area contributed by atoms with Gasteiger partial charge in [0.1, 0.15) is 5.82 Å². The van der Waals surface area contributed by atoms with Crippen LogP contribution in [0.4, 0.5) is 4.39 Å². The molecule has 0 fully saturated rings. The number of carbonyl (C=O) groups excluding carboxylic acids is 2. The number of hydrazine groups is 1. The lowest BCUT2D eigenvalue weighted by molar-refractivity contribution is -0.119. The van der Waals surface area contributed by atoms with Crippen LogP contribution in [0.15, 0.2) is 41.3 Å². The zero-order valence-corrected chi connectivity index (χ0v) is 17.9. The van der Waals surface area contributed by atoms with Crippen molar-refractivity contribution in [3.05, 3.63) is 47.8 Å². The van der Waals surface area contributed by atoms with Gasteiger partial charge in [0.05, 0.1) is 25.6 Å². The molecule has 2 aromatic carbocycles. The highest BCUT2D eigenvalue weighted by atomic mass is 32.2. The van der Waals surface area contributed by atoms with Crippen molar-refractivity contribution in [1.29, 1.82) is 0 Å². The molecular formula is C21H25FN2O5S. The number of rotatable bonds is 10. The molecule has 0 saturated carbocycles. The monoisotopic (exact) mass is 436 g/mol. The van der Waals surface area contributed by atoms with Crippen LogP contribution >= 0.6 is 11.8 Å². The summed E-state index contributed by atoms with van der Waals surface area (Å²) in [6.07, 6.45) is 0. The van der Waals surface area contributed by atoms with Gasteiger partial charge in [0.25, 0.3) is 5.91 Å². The van der Waals surface area contributed by atoms with E-state index in [1.165, 1.54) is 36.0 Å². The number of carbonyl (C=O) groups is 2. The highest BCUT2D eigenvalue weighted by Crippen LogP contribution is 2.39. The van der Waals surface area contributed by atoms with Crippen LogP contribution in [0.3, 0.4) is 0 Å². The molecule has 0 bridgehead atoms. The van der Waals surface area contributed by atoms with Crippen molar-refractivity contribution in [1.82, 2.24) is 10.9 Å². The minimum atomic E-state index is -0.528. The molecule has 0 aliphatic heterocycles. The van der Waals surface area contributed by atoms with Gasteiger partial charge in [-0.25, -0.2) is 4.39 Å². The summed E-state index contributed by atoms with van der Waals surface area (Å²) in [5.41, 5.74) is 4.98. The molecule has 162 valence electrons. The first-order valence-corrected chi connectivity index (χ1v) is 10.5. The smallest absolute Gasteiger partial charge is 0.269 e. The fraction of sp³-hybridized carbons (Fsp3) is 0.333. The normalized spacial score (nSPS) is 10.3. The number of nitrogens with one attached hydrogen (secondary N) is 2. The van der Waals surface area contributed by atoms with Crippen molar-refractivity contribution >= 4 is 23.6 Å². The summed E-state index contributed by atoms with van der Waals surface area (Å²) in [6, 6.07) is 8.86. The van der Waals surface area contributed by atoms with Crippen molar-refractivity contribution in [2.45, 2.75) is 25.7 Å². The summed E-state index contributed by atoms with van der Waals surface area (Å²) >= 11 is 1.22. The van der Waals surface area contributed by atoms with E-state index in [2.05, 4.69) is 10.9 Å². The first kappa shape index (κ1) is 23.3. The molecule has 2 rings (SSSR count). The van der Waals surface area contributed by atoms with Gasteiger partial charge in [-0.2, -0.15) is 0 Å². The summed E-state index contributed by atoms with van der Waals surface area (Å²) in [5.74, 6) is -0.0216. The Morgan fingerprint density at radius 3 is 2.00 bits per heavy atom. The van der Waals surface area contributed by atoms with Crippen LogP contribution in [-0.4, -0.2) is 37.4 Å². The van der Waals surface area contributed by atoms with Crippen molar-refractivity contribution < 1.29 is 28.2 Å². The van der Waals surface area contributed by atoms with Crippen LogP contribution in [0.1, 0.15) is 31.1 Å². The van der Waals surface area contributed by atoms with Crippen LogP contribution in [0.5, 0.6) is 17.2 Å². The second-order valence-corrected chi connectivity index (χ2v) is 6.89. The topological polar surface area (TPSA) is 85.9 Å². The molecule has 0 atom stereocenters. The fourth-order valence-electron chi connectivity index (χ4n) is 2.43. The molecule has 2 N–H and O–H groups in total. The Bertz CT molecular complexity index is 834. The summed E-state index contributed by atoms with van der Waals surface area (Å²) in [5, 5.41) is 0. The van der Waals surface area contributed by atoms with E-state index in [0.717, 1.165) is 4.90 Å². The van der Waals surface area contributed by atoms with Gasteiger partial charge in [-0.3, -0.25) is 20.4 Å². The van der Waals surface area contributed by atoms with Gasteiger partial charge in [0, 0.05) is 10.5 Å². The number of halogens is 1. The van der Waals surface area contributed by atoms with E-state index < -0.39 is 11.8 Å². The minimum absolute atomic E-state index is 0.0591. The largest absolute Gasteiger partial charge is 0.490 e. The van der Waals surface area contributed by atoms with Crippen molar-refractivity contribution in [2.75, 3.05) is 25.6 Å². The Balaban J connectivity index is 2.02. The fourth-order valence-corrected chi connectivity index (χ4v) is 3.13. The first-order chi connectivity index (χ1) is 14.5.